The van der Waals surface area contributed by atoms with Crippen LogP contribution in [-0.4, -0.2) is 43.7 Å². The van der Waals surface area contributed by atoms with Crippen molar-refractivity contribution in [1.82, 2.24) is 0 Å². The maximum atomic E-state index is 11.6. The summed E-state index contributed by atoms with van der Waals surface area (Å²) in [5.74, 6) is 0.142. The summed E-state index contributed by atoms with van der Waals surface area (Å²) in [7, 11) is 0. The van der Waals surface area contributed by atoms with Crippen molar-refractivity contribution in [3.63, 3.8) is 0 Å². The highest BCUT2D eigenvalue weighted by molar-refractivity contribution is 8.03. The topological polar surface area (TPSA) is 72.1 Å². The molecule has 0 unspecified atom stereocenters. The number of unbranched alkanes of at least 4 members (excludes halogenated alkanes) is 2. The Morgan fingerprint density at radius 3 is 2.82 bits per heavy atom. The van der Waals surface area contributed by atoms with E-state index < -0.39 is 0 Å². The zero-order chi connectivity index (χ0) is 26.3. The van der Waals surface area contributed by atoms with Crippen LogP contribution in [-0.2, 0) is 25.5 Å². The minimum atomic E-state index is -0.160. The molecule has 5 rings (SSSR count). The zero-order valence-electron chi connectivity index (χ0n) is 21.8. The fourth-order valence-electron chi connectivity index (χ4n) is 5.01. The quantitative estimate of drug-likeness (QED) is 0.194. The summed E-state index contributed by atoms with van der Waals surface area (Å²) >= 11 is 1.74. The lowest BCUT2D eigenvalue weighted by Crippen LogP contribution is -2.34. The molecule has 1 aromatic heterocycles. The third kappa shape index (κ3) is 6.14. The molecule has 38 heavy (non-hydrogen) atoms. The first-order valence-electron chi connectivity index (χ1n) is 13.4. The van der Waals surface area contributed by atoms with E-state index in [0.717, 1.165) is 60.3 Å². The van der Waals surface area contributed by atoms with Gasteiger partial charge in [-0.25, -0.2) is 0 Å². The second kappa shape index (κ2) is 12.7. The fraction of sp³-hybridized carbons (Fsp3) is 0.400. The Labute approximate surface area is 228 Å². The van der Waals surface area contributed by atoms with Crippen molar-refractivity contribution in [2.45, 2.75) is 56.8 Å². The van der Waals surface area contributed by atoms with Crippen molar-refractivity contribution in [3.8, 4) is 5.75 Å². The van der Waals surface area contributed by atoms with Crippen LogP contribution in [0.1, 0.15) is 44.6 Å². The Balaban J connectivity index is 1.36. The lowest BCUT2D eigenvalue weighted by Gasteiger charge is -2.22. The third-order valence-electron chi connectivity index (χ3n) is 6.83. The van der Waals surface area contributed by atoms with Gasteiger partial charge in [0.25, 0.3) is 0 Å². The summed E-state index contributed by atoms with van der Waals surface area (Å²) in [6, 6.07) is 16.2. The first kappa shape index (κ1) is 26.5. The number of nitrogens with zero attached hydrogens (tertiary/aromatic N) is 2. The number of phenolic OH excluding ortho intramolecular Hbond substituents is 1. The van der Waals surface area contributed by atoms with Crippen LogP contribution in [0.15, 0.2) is 64.7 Å². The van der Waals surface area contributed by atoms with Gasteiger partial charge < -0.3 is 24.2 Å². The molecule has 7 nitrogen and oxygen atoms in total. The van der Waals surface area contributed by atoms with Gasteiger partial charge in [-0.15, -0.1) is 0 Å². The number of carbonyl (C=O) groups excluding carboxylic acids is 1. The minimum absolute atomic E-state index is 0.128. The second-order valence-corrected chi connectivity index (χ2v) is 10.5. The highest BCUT2D eigenvalue weighted by atomic mass is 32.2. The number of phenols is 1. The Hall–Kier alpha value is -3.07. The molecule has 1 N–H and O–H groups in total. The van der Waals surface area contributed by atoms with Crippen molar-refractivity contribution in [2.75, 3.05) is 31.3 Å². The second-order valence-electron chi connectivity index (χ2n) is 9.42. The predicted molar refractivity (Wildman–Crippen MR) is 149 cm³/mol. The average Bonchev–Trinajstić information content (AvgIpc) is 3.56. The number of para-hydroxylation sites is 1. The molecule has 0 spiro atoms. The first-order chi connectivity index (χ1) is 18.6. The fourth-order valence-corrected chi connectivity index (χ4v) is 6.15. The number of aromatic hydroxyl groups is 1. The van der Waals surface area contributed by atoms with E-state index in [0.29, 0.717) is 26.2 Å². The van der Waals surface area contributed by atoms with E-state index in [4.69, 9.17) is 14.2 Å². The van der Waals surface area contributed by atoms with Crippen LogP contribution >= 0.6 is 11.8 Å². The van der Waals surface area contributed by atoms with Gasteiger partial charge in [0.05, 0.1) is 35.9 Å². The Morgan fingerprint density at radius 1 is 1.13 bits per heavy atom. The SMILES string of the molecule is CCOC(=O)CCCCC[n+]1ccc(/C=C2\Sc3ccccc3N2CCC2OCCO2)c2c(O)cccc21. The molecule has 3 aromatic rings. The van der Waals surface area contributed by atoms with Crippen LogP contribution in [0.2, 0.25) is 0 Å². The van der Waals surface area contributed by atoms with Gasteiger partial charge in [0.15, 0.2) is 12.5 Å². The summed E-state index contributed by atoms with van der Waals surface area (Å²) in [4.78, 5) is 15.1. The number of hydrogen-bond acceptors (Lipinski definition) is 7. The lowest BCUT2D eigenvalue weighted by atomic mass is 10.1. The number of hydrogen-bond donors (Lipinski definition) is 1. The number of esters is 1. The highest BCUT2D eigenvalue weighted by Gasteiger charge is 2.27. The number of aromatic nitrogens is 1. The van der Waals surface area contributed by atoms with Crippen molar-refractivity contribution < 1.29 is 28.7 Å². The molecule has 0 bridgehead atoms. The smallest absolute Gasteiger partial charge is 0.305 e. The van der Waals surface area contributed by atoms with Crippen molar-refractivity contribution >= 4 is 40.4 Å². The van der Waals surface area contributed by atoms with Crippen LogP contribution in [0.25, 0.3) is 17.0 Å². The number of ether oxygens (including phenoxy) is 3. The van der Waals surface area contributed by atoms with Crippen molar-refractivity contribution in [3.05, 3.63) is 65.3 Å². The molecule has 0 aliphatic carbocycles. The van der Waals surface area contributed by atoms with E-state index in [9.17, 15) is 9.90 Å². The van der Waals surface area contributed by atoms with Crippen LogP contribution in [0.3, 0.4) is 0 Å². The van der Waals surface area contributed by atoms with Gasteiger partial charge in [0.1, 0.15) is 12.3 Å². The molecule has 200 valence electrons. The van der Waals surface area contributed by atoms with Crippen LogP contribution in [0.5, 0.6) is 5.75 Å². The van der Waals surface area contributed by atoms with Gasteiger partial charge in [0.2, 0.25) is 5.52 Å². The molecular weight excluding hydrogens is 500 g/mol. The van der Waals surface area contributed by atoms with E-state index in [1.807, 2.05) is 13.0 Å². The standard InChI is InChI=1S/C30H34N2O5S/c1-2-35-28(34)13-4-3-7-16-31-17-14-22(30-24(31)10-8-11-25(30)33)21-27-32(18-15-29-36-19-20-37-29)23-9-5-6-12-26(23)38-27/h5-6,8-12,14,17,21,29H,2-4,7,13,15-16,18-20H2,1H3/p+1/b27-21-. The number of carbonyl (C=O) groups is 1. The molecule has 0 amide bonds. The number of aryl methyl sites for hydroxylation is 1. The Kier molecular flexibility index (Phi) is 8.83. The molecule has 0 saturated carbocycles. The van der Waals surface area contributed by atoms with Crippen molar-refractivity contribution in [1.29, 1.82) is 0 Å². The normalized spacial score (nSPS) is 16.4. The number of thioether (sulfide) groups is 1. The summed E-state index contributed by atoms with van der Waals surface area (Å²) in [5.41, 5.74) is 3.15. The molecule has 2 aromatic carbocycles. The van der Waals surface area contributed by atoms with E-state index in [-0.39, 0.29) is 18.0 Å². The molecule has 0 atom stereocenters. The van der Waals surface area contributed by atoms with Gasteiger partial charge in [-0.1, -0.05) is 30.0 Å². The number of anilines is 1. The number of rotatable bonds is 11. The molecule has 0 radical (unpaired) electrons. The number of fused-ring (bicyclic) bond motifs is 2. The van der Waals surface area contributed by atoms with Gasteiger partial charge >= 0.3 is 5.97 Å². The zero-order valence-corrected chi connectivity index (χ0v) is 22.6. The Bertz CT molecular complexity index is 1310. The summed E-state index contributed by atoms with van der Waals surface area (Å²) in [6.45, 7) is 5.16. The van der Waals surface area contributed by atoms with Crippen LogP contribution in [0, 0.1) is 0 Å². The predicted octanol–water partition coefficient (Wildman–Crippen LogP) is 5.63. The molecule has 1 fully saturated rings. The monoisotopic (exact) mass is 535 g/mol. The Morgan fingerprint density at radius 2 is 1.97 bits per heavy atom. The largest absolute Gasteiger partial charge is 0.507 e. The average molecular weight is 536 g/mol. The maximum absolute atomic E-state index is 11.6. The van der Waals surface area contributed by atoms with E-state index in [1.165, 1.54) is 10.6 Å². The van der Waals surface area contributed by atoms with Crippen molar-refractivity contribution in [2.24, 2.45) is 0 Å². The summed E-state index contributed by atoms with van der Waals surface area (Å²) in [5, 5.41) is 12.9. The van der Waals surface area contributed by atoms with Crippen LogP contribution in [0.4, 0.5) is 5.69 Å². The molecule has 3 heterocycles. The number of benzene rings is 2. The van der Waals surface area contributed by atoms with Crippen LogP contribution < -0.4 is 9.47 Å². The van der Waals surface area contributed by atoms with Gasteiger partial charge in [-0.05, 0) is 44.0 Å². The highest BCUT2D eigenvalue weighted by Crippen LogP contribution is 2.47. The molecule has 1 saturated heterocycles. The minimum Gasteiger partial charge on any atom is -0.507 e. The summed E-state index contributed by atoms with van der Waals surface area (Å²) < 4.78 is 18.6. The van der Waals surface area contributed by atoms with Gasteiger partial charge in [0, 0.05) is 48.4 Å². The lowest BCUT2D eigenvalue weighted by molar-refractivity contribution is -0.671. The summed E-state index contributed by atoms with van der Waals surface area (Å²) in [6.07, 6.45) is 8.05. The maximum Gasteiger partial charge on any atom is 0.305 e. The molecule has 2 aliphatic heterocycles. The third-order valence-corrected chi connectivity index (χ3v) is 7.95. The van der Waals surface area contributed by atoms with E-state index in [1.54, 1.807) is 17.8 Å². The number of pyridine rings is 1. The first-order valence-corrected chi connectivity index (χ1v) is 14.2. The molecule has 8 heteroatoms. The molecular formula is C30H35N2O5S+. The van der Waals surface area contributed by atoms with Gasteiger partial charge in [-0.3, -0.25) is 4.79 Å². The molecule has 2 aliphatic rings. The van der Waals surface area contributed by atoms with Gasteiger partial charge in [-0.2, -0.15) is 4.57 Å². The van der Waals surface area contributed by atoms with E-state index in [2.05, 4.69) is 58.1 Å². The van der Waals surface area contributed by atoms with E-state index >= 15 is 0 Å².